The third-order valence-corrected chi connectivity index (χ3v) is 2.72. The summed E-state index contributed by atoms with van der Waals surface area (Å²) in [7, 11) is 3.92. The molecule has 1 aliphatic rings. The number of pyridine rings is 1. The van der Waals surface area contributed by atoms with Gasteiger partial charge in [-0.1, -0.05) is 6.07 Å². The van der Waals surface area contributed by atoms with Crippen LogP contribution < -0.4 is 4.90 Å². The maximum Gasteiger partial charge on any atom is 0.127 e. The minimum Gasteiger partial charge on any atom is -0.363 e. The molecule has 0 saturated heterocycles. The molecule has 14 heavy (non-hydrogen) atoms. The van der Waals surface area contributed by atoms with Crippen LogP contribution in [0, 0.1) is 11.3 Å². The second kappa shape index (κ2) is 2.98. The summed E-state index contributed by atoms with van der Waals surface area (Å²) in [6, 6.07) is 6.34. The van der Waals surface area contributed by atoms with Crippen molar-refractivity contribution >= 4 is 5.82 Å². The second-order valence-corrected chi connectivity index (χ2v) is 3.99. The number of nitrogens with zero attached hydrogens (tertiary/aromatic N) is 3. The van der Waals surface area contributed by atoms with E-state index in [4.69, 9.17) is 5.26 Å². The highest BCUT2D eigenvalue weighted by molar-refractivity contribution is 5.43. The first-order valence-electron chi connectivity index (χ1n) is 4.73. The molecule has 1 aromatic heterocycles. The number of anilines is 1. The summed E-state index contributed by atoms with van der Waals surface area (Å²) in [6.45, 7) is 0. The molecule has 0 spiro atoms. The molecule has 1 aliphatic carbocycles. The Morgan fingerprint density at radius 1 is 1.43 bits per heavy atom. The molecule has 72 valence electrons. The van der Waals surface area contributed by atoms with E-state index in [1.807, 2.05) is 37.3 Å². The fourth-order valence-corrected chi connectivity index (χ4v) is 1.52. The molecule has 0 radical (unpaired) electrons. The van der Waals surface area contributed by atoms with Crippen LogP contribution in [0.25, 0.3) is 0 Å². The Balaban J connectivity index is 2.28. The predicted molar refractivity (Wildman–Crippen MR) is 55.1 cm³/mol. The molecule has 1 aromatic rings. The summed E-state index contributed by atoms with van der Waals surface area (Å²) in [5.41, 5.74) is 0.850. The summed E-state index contributed by atoms with van der Waals surface area (Å²) in [5, 5.41) is 9.00. The van der Waals surface area contributed by atoms with Crippen molar-refractivity contribution < 1.29 is 0 Å². The smallest absolute Gasteiger partial charge is 0.127 e. The summed E-state index contributed by atoms with van der Waals surface area (Å²) >= 11 is 0. The van der Waals surface area contributed by atoms with Crippen LogP contribution in [0.15, 0.2) is 18.3 Å². The molecule has 3 nitrogen and oxygen atoms in total. The van der Waals surface area contributed by atoms with Gasteiger partial charge in [-0.05, 0) is 24.5 Å². The molecule has 3 heteroatoms. The minimum atomic E-state index is -0.210. The van der Waals surface area contributed by atoms with Crippen LogP contribution in [-0.2, 0) is 5.41 Å². The molecule has 0 amide bonds. The molecule has 0 atom stereocenters. The molecule has 2 rings (SSSR count). The average molecular weight is 187 g/mol. The molecule has 1 saturated carbocycles. The highest BCUT2D eigenvalue weighted by atomic mass is 15.1. The second-order valence-electron chi connectivity index (χ2n) is 3.99. The standard InChI is InChI=1S/C11H13N3/c1-14(2)10-4-3-9(7-13-10)11(8-12)5-6-11/h3-4,7H,5-6H2,1-2H3. The maximum absolute atomic E-state index is 9.00. The summed E-state index contributed by atoms with van der Waals surface area (Å²) in [6.07, 6.45) is 3.78. The van der Waals surface area contributed by atoms with Gasteiger partial charge in [0.2, 0.25) is 0 Å². The van der Waals surface area contributed by atoms with Crippen LogP contribution in [0.4, 0.5) is 5.82 Å². The van der Waals surface area contributed by atoms with Crippen LogP contribution in [0.3, 0.4) is 0 Å². The molecule has 0 aliphatic heterocycles. The van der Waals surface area contributed by atoms with Crippen LogP contribution in [0.1, 0.15) is 18.4 Å². The number of rotatable bonds is 2. The quantitative estimate of drug-likeness (QED) is 0.707. The molecule has 0 bridgehead atoms. The Hall–Kier alpha value is -1.56. The van der Waals surface area contributed by atoms with Crippen LogP contribution in [-0.4, -0.2) is 19.1 Å². The number of hydrogen-bond acceptors (Lipinski definition) is 3. The molecule has 1 heterocycles. The topological polar surface area (TPSA) is 39.9 Å². The number of nitriles is 1. The van der Waals surface area contributed by atoms with Crippen LogP contribution in [0.5, 0.6) is 0 Å². The summed E-state index contributed by atoms with van der Waals surface area (Å²) in [5.74, 6) is 0.933. The lowest BCUT2D eigenvalue weighted by molar-refractivity contribution is 0.893. The lowest BCUT2D eigenvalue weighted by Crippen LogP contribution is -2.11. The minimum absolute atomic E-state index is 0.210. The van der Waals surface area contributed by atoms with Crippen molar-refractivity contribution in [2.24, 2.45) is 0 Å². The van der Waals surface area contributed by atoms with Gasteiger partial charge in [-0.15, -0.1) is 0 Å². The third-order valence-electron chi connectivity index (χ3n) is 2.72. The van der Waals surface area contributed by atoms with Crippen molar-refractivity contribution in [3.05, 3.63) is 23.9 Å². The molecular weight excluding hydrogens is 174 g/mol. The van der Waals surface area contributed by atoms with E-state index in [1.54, 1.807) is 0 Å². The molecule has 0 unspecified atom stereocenters. The Morgan fingerprint density at radius 2 is 2.14 bits per heavy atom. The van der Waals surface area contributed by atoms with E-state index in [0.717, 1.165) is 24.2 Å². The van der Waals surface area contributed by atoms with Gasteiger partial charge < -0.3 is 4.90 Å². The van der Waals surface area contributed by atoms with E-state index >= 15 is 0 Å². The fraction of sp³-hybridized carbons (Fsp3) is 0.455. The van der Waals surface area contributed by atoms with Gasteiger partial charge in [0.25, 0.3) is 0 Å². The van der Waals surface area contributed by atoms with Gasteiger partial charge in [0.1, 0.15) is 5.82 Å². The van der Waals surface area contributed by atoms with Crippen molar-refractivity contribution in [1.82, 2.24) is 4.98 Å². The Morgan fingerprint density at radius 3 is 2.50 bits per heavy atom. The Kier molecular flexibility index (Phi) is 1.92. The van der Waals surface area contributed by atoms with Crippen LogP contribution >= 0.6 is 0 Å². The van der Waals surface area contributed by atoms with E-state index in [-0.39, 0.29) is 5.41 Å². The number of aromatic nitrogens is 1. The average Bonchev–Trinajstić information content (AvgIpc) is 2.99. The fourth-order valence-electron chi connectivity index (χ4n) is 1.52. The van der Waals surface area contributed by atoms with E-state index < -0.39 is 0 Å². The first-order valence-corrected chi connectivity index (χ1v) is 4.73. The van der Waals surface area contributed by atoms with Gasteiger partial charge in [-0.2, -0.15) is 5.26 Å². The Labute approximate surface area is 84.0 Å². The summed E-state index contributed by atoms with van der Waals surface area (Å²) < 4.78 is 0. The van der Waals surface area contributed by atoms with Gasteiger partial charge in [0.05, 0.1) is 11.5 Å². The normalized spacial score (nSPS) is 17.2. The summed E-state index contributed by atoms with van der Waals surface area (Å²) in [4.78, 5) is 6.26. The van der Waals surface area contributed by atoms with Crippen molar-refractivity contribution in [3.8, 4) is 6.07 Å². The van der Waals surface area contributed by atoms with E-state index in [2.05, 4.69) is 11.1 Å². The number of hydrogen-bond donors (Lipinski definition) is 0. The molecular formula is C11H13N3. The lowest BCUT2D eigenvalue weighted by Gasteiger charge is -2.12. The zero-order valence-electron chi connectivity index (χ0n) is 8.49. The Bertz CT molecular complexity index is 369. The van der Waals surface area contributed by atoms with Crippen molar-refractivity contribution in [2.45, 2.75) is 18.3 Å². The first-order chi connectivity index (χ1) is 6.68. The first kappa shape index (κ1) is 9.01. The van der Waals surface area contributed by atoms with Gasteiger partial charge in [0, 0.05) is 20.3 Å². The van der Waals surface area contributed by atoms with Gasteiger partial charge in [-0.3, -0.25) is 0 Å². The maximum atomic E-state index is 9.00. The van der Waals surface area contributed by atoms with E-state index in [1.165, 1.54) is 0 Å². The van der Waals surface area contributed by atoms with Crippen molar-refractivity contribution in [3.63, 3.8) is 0 Å². The van der Waals surface area contributed by atoms with E-state index in [0.29, 0.717) is 0 Å². The van der Waals surface area contributed by atoms with Crippen LogP contribution in [0.2, 0.25) is 0 Å². The highest BCUT2D eigenvalue weighted by Crippen LogP contribution is 2.47. The molecule has 1 fully saturated rings. The zero-order valence-corrected chi connectivity index (χ0v) is 8.49. The zero-order chi connectivity index (χ0) is 10.2. The van der Waals surface area contributed by atoms with Gasteiger partial charge in [-0.25, -0.2) is 4.98 Å². The van der Waals surface area contributed by atoms with E-state index in [9.17, 15) is 0 Å². The highest BCUT2D eigenvalue weighted by Gasteiger charge is 2.45. The monoisotopic (exact) mass is 187 g/mol. The third kappa shape index (κ3) is 1.33. The molecule has 0 N–H and O–H groups in total. The SMILES string of the molecule is CN(C)c1ccc(C2(C#N)CC2)cn1. The van der Waals surface area contributed by atoms with Crippen molar-refractivity contribution in [1.29, 1.82) is 5.26 Å². The van der Waals surface area contributed by atoms with Gasteiger partial charge in [0.15, 0.2) is 0 Å². The lowest BCUT2D eigenvalue weighted by atomic mass is 10.00. The molecule has 0 aromatic carbocycles. The largest absolute Gasteiger partial charge is 0.363 e. The van der Waals surface area contributed by atoms with Gasteiger partial charge >= 0.3 is 0 Å². The predicted octanol–water partition coefficient (Wildman–Crippen LogP) is 1.70. The van der Waals surface area contributed by atoms with Crippen molar-refractivity contribution in [2.75, 3.05) is 19.0 Å².